The number of amides is 2. The van der Waals surface area contributed by atoms with E-state index in [-0.39, 0.29) is 17.8 Å². The van der Waals surface area contributed by atoms with Crippen LogP contribution in [0.15, 0.2) is 48.5 Å². The van der Waals surface area contributed by atoms with Gasteiger partial charge in [0.05, 0.1) is 13.2 Å². The number of anilines is 1. The Morgan fingerprint density at radius 1 is 1.16 bits per heavy atom. The summed E-state index contributed by atoms with van der Waals surface area (Å²) in [6.07, 6.45) is 0. The summed E-state index contributed by atoms with van der Waals surface area (Å²) in [7, 11) is 3.21. The highest BCUT2D eigenvalue weighted by atomic mass is 19.3. The van der Waals surface area contributed by atoms with Crippen molar-refractivity contribution < 1.29 is 23.0 Å². The lowest BCUT2D eigenvalue weighted by atomic mass is 10.1. The Morgan fingerprint density at radius 3 is 2.56 bits per heavy atom. The molecule has 2 aromatic carbocycles. The summed E-state index contributed by atoms with van der Waals surface area (Å²) in [6.45, 7) is -1.05. The summed E-state index contributed by atoms with van der Waals surface area (Å²) in [5, 5.41) is 2.66. The van der Waals surface area contributed by atoms with E-state index in [4.69, 9.17) is 4.74 Å². The maximum absolute atomic E-state index is 12.4. The Labute approximate surface area is 145 Å². The number of methoxy groups -OCH3 is 1. The molecule has 0 aliphatic heterocycles. The smallest absolute Gasteiger partial charge is 0.387 e. The molecule has 1 atom stereocenters. The number of carbonyl (C=O) groups is 1. The molecule has 0 saturated heterocycles. The van der Waals surface area contributed by atoms with Crippen molar-refractivity contribution in [2.45, 2.75) is 19.6 Å². The molecule has 1 N–H and O–H groups in total. The number of nitrogens with one attached hydrogen (secondary N) is 1. The van der Waals surface area contributed by atoms with Crippen molar-refractivity contribution in [2.75, 3.05) is 19.5 Å². The number of rotatable bonds is 6. The summed E-state index contributed by atoms with van der Waals surface area (Å²) < 4.78 is 34.2. The Kier molecular flexibility index (Phi) is 6.16. The number of para-hydroxylation sites is 1. The molecule has 2 amide bonds. The average molecular weight is 350 g/mol. The molecule has 2 aromatic rings. The molecule has 0 aromatic heterocycles. The van der Waals surface area contributed by atoms with Crippen LogP contribution >= 0.6 is 0 Å². The van der Waals surface area contributed by atoms with E-state index in [0.29, 0.717) is 11.4 Å². The minimum absolute atomic E-state index is 0.0202. The molecule has 0 aliphatic rings. The second-order valence-electron chi connectivity index (χ2n) is 5.37. The number of carbonyl (C=O) groups excluding carboxylic acids is 1. The Morgan fingerprint density at radius 2 is 1.88 bits per heavy atom. The molecule has 2 rings (SSSR count). The van der Waals surface area contributed by atoms with E-state index in [1.54, 1.807) is 20.2 Å². The zero-order valence-electron chi connectivity index (χ0n) is 14.2. The number of halogens is 2. The third-order valence-electron chi connectivity index (χ3n) is 3.80. The minimum atomic E-state index is -2.92. The Hall–Kier alpha value is -2.83. The van der Waals surface area contributed by atoms with Crippen molar-refractivity contribution >= 4 is 11.7 Å². The number of nitrogens with zero attached hydrogens (tertiary/aromatic N) is 1. The zero-order chi connectivity index (χ0) is 18.4. The number of benzene rings is 2. The predicted molar refractivity (Wildman–Crippen MR) is 91.3 cm³/mol. The number of urea groups is 1. The highest BCUT2D eigenvalue weighted by Crippen LogP contribution is 2.28. The molecule has 134 valence electrons. The van der Waals surface area contributed by atoms with Crippen LogP contribution < -0.4 is 14.8 Å². The van der Waals surface area contributed by atoms with Crippen LogP contribution in [0, 0.1) is 0 Å². The lowest BCUT2D eigenvalue weighted by Gasteiger charge is -2.26. The van der Waals surface area contributed by atoms with Gasteiger partial charge >= 0.3 is 12.6 Å². The molecular weight excluding hydrogens is 330 g/mol. The average Bonchev–Trinajstić information content (AvgIpc) is 2.60. The van der Waals surface area contributed by atoms with Crippen molar-refractivity contribution in [3.05, 3.63) is 54.1 Å². The van der Waals surface area contributed by atoms with Gasteiger partial charge in [0, 0.05) is 24.4 Å². The summed E-state index contributed by atoms with van der Waals surface area (Å²) in [5.74, 6) is 0.662. The maximum Gasteiger partial charge on any atom is 0.387 e. The van der Waals surface area contributed by atoms with E-state index in [1.807, 2.05) is 31.2 Å². The van der Waals surface area contributed by atoms with Gasteiger partial charge < -0.3 is 19.7 Å². The van der Waals surface area contributed by atoms with Gasteiger partial charge in [-0.25, -0.2) is 4.79 Å². The molecule has 0 bridgehead atoms. The van der Waals surface area contributed by atoms with E-state index in [9.17, 15) is 13.6 Å². The maximum atomic E-state index is 12.4. The minimum Gasteiger partial charge on any atom is -0.496 e. The fraction of sp³-hybridized carbons (Fsp3) is 0.278. The predicted octanol–water partition coefficient (Wildman–Crippen LogP) is 4.52. The van der Waals surface area contributed by atoms with E-state index in [2.05, 4.69) is 10.1 Å². The lowest BCUT2D eigenvalue weighted by Crippen LogP contribution is -2.33. The van der Waals surface area contributed by atoms with Crippen LogP contribution in [0.5, 0.6) is 11.5 Å². The van der Waals surface area contributed by atoms with Crippen LogP contribution in [-0.4, -0.2) is 31.7 Å². The first kappa shape index (κ1) is 18.5. The largest absolute Gasteiger partial charge is 0.496 e. The summed E-state index contributed by atoms with van der Waals surface area (Å²) in [6, 6.07) is 12.6. The first-order chi connectivity index (χ1) is 11.9. The number of ether oxygens (including phenoxy) is 2. The van der Waals surface area contributed by atoms with Crippen LogP contribution in [0.2, 0.25) is 0 Å². The molecule has 7 heteroatoms. The van der Waals surface area contributed by atoms with E-state index in [1.165, 1.54) is 23.1 Å². The monoisotopic (exact) mass is 350 g/mol. The quantitative estimate of drug-likeness (QED) is 0.833. The normalized spacial score (nSPS) is 11.8. The summed E-state index contributed by atoms with van der Waals surface area (Å²) in [5.41, 5.74) is 1.22. The molecule has 0 aliphatic carbocycles. The zero-order valence-corrected chi connectivity index (χ0v) is 14.2. The third-order valence-corrected chi connectivity index (χ3v) is 3.80. The fourth-order valence-corrected chi connectivity index (χ4v) is 2.36. The molecule has 0 radical (unpaired) electrons. The molecule has 0 saturated carbocycles. The van der Waals surface area contributed by atoms with Gasteiger partial charge in [0.2, 0.25) is 0 Å². The molecule has 0 heterocycles. The van der Waals surface area contributed by atoms with Gasteiger partial charge in [-0.15, -0.1) is 0 Å². The van der Waals surface area contributed by atoms with Gasteiger partial charge in [-0.1, -0.05) is 24.3 Å². The van der Waals surface area contributed by atoms with Crippen LogP contribution in [-0.2, 0) is 0 Å². The van der Waals surface area contributed by atoms with Crippen LogP contribution in [0.3, 0.4) is 0 Å². The SMILES string of the molecule is COc1ccccc1C(C)N(C)C(=O)Nc1cccc(OC(F)F)c1. The van der Waals surface area contributed by atoms with Crippen LogP contribution in [0.1, 0.15) is 18.5 Å². The van der Waals surface area contributed by atoms with Gasteiger partial charge in [-0.2, -0.15) is 8.78 Å². The first-order valence-electron chi connectivity index (χ1n) is 7.64. The Bertz CT molecular complexity index is 725. The second kappa shape index (κ2) is 8.32. The highest BCUT2D eigenvalue weighted by molar-refractivity contribution is 5.89. The standard InChI is InChI=1S/C18H20F2N2O3/c1-12(15-9-4-5-10-16(15)24-3)22(2)18(23)21-13-7-6-8-14(11-13)25-17(19)20/h4-12,17H,1-3H3,(H,21,23). The molecule has 0 fully saturated rings. The number of alkyl halides is 2. The van der Waals surface area contributed by atoms with Gasteiger partial charge in [0.25, 0.3) is 0 Å². The fourth-order valence-electron chi connectivity index (χ4n) is 2.36. The highest BCUT2D eigenvalue weighted by Gasteiger charge is 2.20. The van der Waals surface area contributed by atoms with Crippen LogP contribution in [0.4, 0.5) is 19.3 Å². The van der Waals surface area contributed by atoms with Crippen molar-refractivity contribution in [3.8, 4) is 11.5 Å². The lowest BCUT2D eigenvalue weighted by molar-refractivity contribution is -0.0497. The van der Waals surface area contributed by atoms with Crippen LogP contribution in [0.25, 0.3) is 0 Å². The summed E-state index contributed by atoms with van der Waals surface area (Å²) >= 11 is 0. The molecule has 5 nitrogen and oxygen atoms in total. The van der Waals surface area contributed by atoms with E-state index >= 15 is 0 Å². The number of hydrogen-bond acceptors (Lipinski definition) is 3. The molecule has 1 unspecified atom stereocenters. The second-order valence-corrected chi connectivity index (χ2v) is 5.37. The number of hydrogen-bond donors (Lipinski definition) is 1. The molecular formula is C18H20F2N2O3. The first-order valence-corrected chi connectivity index (χ1v) is 7.64. The molecule has 0 spiro atoms. The van der Waals surface area contributed by atoms with Gasteiger partial charge in [0.1, 0.15) is 11.5 Å². The van der Waals surface area contributed by atoms with E-state index in [0.717, 1.165) is 5.56 Å². The van der Waals surface area contributed by atoms with Crippen molar-refractivity contribution in [3.63, 3.8) is 0 Å². The third kappa shape index (κ3) is 4.82. The topological polar surface area (TPSA) is 50.8 Å². The van der Waals surface area contributed by atoms with Crippen molar-refractivity contribution in [1.82, 2.24) is 4.90 Å². The van der Waals surface area contributed by atoms with Gasteiger partial charge in [-0.3, -0.25) is 0 Å². The summed E-state index contributed by atoms with van der Waals surface area (Å²) in [4.78, 5) is 13.9. The van der Waals surface area contributed by atoms with Crippen molar-refractivity contribution in [2.24, 2.45) is 0 Å². The molecule has 25 heavy (non-hydrogen) atoms. The van der Waals surface area contributed by atoms with Gasteiger partial charge in [-0.05, 0) is 25.1 Å². The van der Waals surface area contributed by atoms with Crippen molar-refractivity contribution in [1.29, 1.82) is 0 Å². The van der Waals surface area contributed by atoms with E-state index < -0.39 is 6.61 Å². The van der Waals surface area contributed by atoms with Gasteiger partial charge in [0.15, 0.2) is 0 Å². The Balaban J connectivity index is 2.09.